The molecule has 2 aromatic carbocycles. The van der Waals surface area contributed by atoms with Crippen molar-refractivity contribution in [2.45, 2.75) is 33.1 Å². The summed E-state index contributed by atoms with van der Waals surface area (Å²) in [6, 6.07) is 11.9. The SMILES string of the molecule is CCOC(=O)c1ccc(OCC(=O)NNC(=O)COc2ccc(C(C)(C)C)cc2Br)cc1. The highest BCUT2D eigenvalue weighted by molar-refractivity contribution is 9.10. The zero-order chi connectivity index (χ0) is 23.7. The standard InChI is InChI=1S/C23H27BrN2O6/c1-5-30-22(29)15-6-9-17(10-7-15)31-13-20(27)25-26-21(28)14-32-19-11-8-16(12-18(19)24)23(2,3)4/h6-12H,5,13-14H2,1-4H3,(H,25,27)(H,26,28). The van der Waals surface area contributed by atoms with Crippen LogP contribution in [-0.4, -0.2) is 37.6 Å². The monoisotopic (exact) mass is 506 g/mol. The first-order valence-corrected chi connectivity index (χ1v) is 10.8. The number of nitrogens with one attached hydrogen (secondary N) is 2. The second kappa shape index (κ2) is 11.5. The number of esters is 1. The van der Waals surface area contributed by atoms with Crippen molar-refractivity contribution in [2.75, 3.05) is 19.8 Å². The van der Waals surface area contributed by atoms with Crippen molar-refractivity contribution in [3.63, 3.8) is 0 Å². The van der Waals surface area contributed by atoms with Gasteiger partial charge < -0.3 is 14.2 Å². The normalized spacial score (nSPS) is 10.8. The van der Waals surface area contributed by atoms with Gasteiger partial charge in [0.15, 0.2) is 13.2 Å². The number of ether oxygens (including phenoxy) is 3. The Hall–Kier alpha value is -3.07. The second-order valence-electron chi connectivity index (χ2n) is 7.81. The summed E-state index contributed by atoms with van der Waals surface area (Å²) >= 11 is 3.45. The molecule has 0 unspecified atom stereocenters. The molecule has 0 radical (unpaired) electrons. The van der Waals surface area contributed by atoms with E-state index in [1.807, 2.05) is 12.1 Å². The van der Waals surface area contributed by atoms with Crippen LogP contribution in [0.1, 0.15) is 43.6 Å². The molecule has 0 aliphatic carbocycles. The maximum absolute atomic E-state index is 11.9. The number of carbonyl (C=O) groups is 3. The molecular formula is C23H27BrN2O6. The van der Waals surface area contributed by atoms with Crippen LogP contribution in [0, 0.1) is 0 Å². The molecule has 0 saturated carbocycles. The largest absolute Gasteiger partial charge is 0.484 e. The van der Waals surface area contributed by atoms with E-state index in [1.54, 1.807) is 25.1 Å². The predicted molar refractivity (Wildman–Crippen MR) is 123 cm³/mol. The third-order valence-electron chi connectivity index (χ3n) is 4.23. The minimum absolute atomic E-state index is 0.00624. The summed E-state index contributed by atoms with van der Waals surface area (Å²) in [6.07, 6.45) is 0. The summed E-state index contributed by atoms with van der Waals surface area (Å²) in [5, 5.41) is 0. The average molecular weight is 507 g/mol. The molecule has 0 spiro atoms. The number of hydrogen-bond donors (Lipinski definition) is 2. The van der Waals surface area contributed by atoms with E-state index in [0.717, 1.165) is 10.0 Å². The van der Waals surface area contributed by atoms with Crippen molar-refractivity contribution in [3.05, 3.63) is 58.1 Å². The van der Waals surface area contributed by atoms with Gasteiger partial charge in [-0.25, -0.2) is 4.79 Å². The highest BCUT2D eigenvalue weighted by atomic mass is 79.9. The molecule has 8 nitrogen and oxygen atoms in total. The van der Waals surface area contributed by atoms with E-state index in [9.17, 15) is 14.4 Å². The Balaban J connectivity index is 1.73. The number of rotatable bonds is 8. The van der Waals surface area contributed by atoms with E-state index in [1.165, 1.54) is 12.1 Å². The Morgan fingerprint density at radius 1 is 0.906 bits per heavy atom. The van der Waals surface area contributed by atoms with E-state index in [4.69, 9.17) is 14.2 Å². The van der Waals surface area contributed by atoms with Crippen LogP contribution in [0.25, 0.3) is 0 Å². The molecule has 32 heavy (non-hydrogen) atoms. The van der Waals surface area contributed by atoms with E-state index >= 15 is 0 Å². The third-order valence-corrected chi connectivity index (χ3v) is 4.85. The number of carbonyl (C=O) groups excluding carboxylic acids is 3. The highest BCUT2D eigenvalue weighted by Gasteiger charge is 2.16. The molecule has 0 atom stereocenters. The van der Waals surface area contributed by atoms with Gasteiger partial charge in [-0.15, -0.1) is 0 Å². The van der Waals surface area contributed by atoms with E-state index in [0.29, 0.717) is 17.1 Å². The van der Waals surface area contributed by atoms with Gasteiger partial charge in [0.25, 0.3) is 11.8 Å². The fourth-order valence-corrected chi connectivity index (χ4v) is 2.98. The van der Waals surface area contributed by atoms with Crippen molar-refractivity contribution in [3.8, 4) is 11.5 Å². The second-order valence-corrected chi connectivity index (χ2v) is 8.67. The van der Waals surface area contributed by atoms with E-state index in [-0.39, 0.29) is 25.2 Å². The topological polar surface area (TPSA) is 103 Å². The van der Waals surface area contributed by atoms with Gasteiger partial charge in [0.1, 0.15) is 11.5 Å². The lowest BCUT2D eigenvalue weighted by Crippen LogP contribution is -2.45. The van der Waals surface area contributed by atoms with Crippen LogP contribution < -0.4 is 20.3 Å². The van der Waals surface area contributed by atoms with Crippen LogP contribution in [0.4, 0.5) is 0 Å². The van der Waals surface area contributed by atoms with Gasteiger partial charge in [0, 0.05) is 0 Å². The lowest BCUT2D eigenvalue weighted by molar-refractivity contribution is -0.131. The molecule has 9 heteroatoms. The van der Waals surface area contributed by atoms with Gasteiger partial charge in [-0.2, -0.15) is 0 Å². The molecule has 0 fully saturated rings. The van der Waals surface area contributed by atoms with Crippen LogP contribution in [-0.2, 0) is 19.7 Å². The number of benzene rings is 2. The summed E-state index contributed by atoms with van der Waals surface area (Å²) in [4.78, 5) is 35.4. The van der Waals surface area contributed by atoms with Crippen molar-refractivity contribution in [1.29, 1.82) is 0 Å². The lowest BCUT2D eigenvalue weighted by Gasteiger charge is -2.20. The van der Waals surface area contributed by atoms with Gasteiger partial charge in [0.2, 0.25) is 0 Å². The van der Waals surface area contributed by atoms with Crippen LogP contribution >= 0.6 is 15.9 Å². The van der Waals surface area contributed by atoms with Gasteiger partial charge in [-0.1, -0.05) is 26.8 Å². The molecular weight excluding hydrogens is 480 g/mol. The predicted octanol–water partition coefficient (Wildman–Crippen LogP) is 3.53. The van der Waals surface area contributed by atoms with E-state index in [2.05, 4.69) is 47.6 Å². The van der Waals surface area contributed by atoms with Crippen molar-refractivity contribution >= 4 is 33.7 Å². The van der Waals surface area contributed by atoms with Crippen LogP contribution in [0.15, 0.2) is 46.9 Å². The summed E-state index contributed by atoms with van der Waals surface area (Å²) in [5.74, 6) is -0.591. The quantitative estimate of drug-likeness (QED) is 0.419. The summed E-state index contributed by atoms with van der Waals surface area (Å²) in [6.45, 7) is 7.73. The Labute approximate surface area is 195 Å². The van der Waals surface area contributed by atoms with Gasteiger partial charge in [-0.3, -0.25) is 20.4 Å². The minimum atomic E-state index is -0.552. The number of amides is 2. The molecule has 0 heterocycles. The van der Waals surface area contributed by atoms with Gasteiger partial charge in [-0.05, 0) is 70.2 Å². The fourth-order valence-electron chi connectivity index (χ4n) is 2.49. The maximum atomic E-state index is 11.9. The summed E-state index contributed by atoms with van der Waals surface area (Å²) in [5.41, 5.74) is 6.02. The molecule has 0 aliphatic heterocycles. The maximum Gasteiger partial charge on any atom is 0.338 e. The molecule has 2 rings (SSSR count). The molecule has 2 amide bonds. The van der Waals surface area contributed by atoms with Gasteiger partial charge >= 0.3 is 5.97 Å². The zero-order valence-corrected chi connectivity index (χ0v) is 20.1. The smallest absolute Gasteiger partial charge is 0.338 e. The van der Waals surface area contributed by atoms with E-state index < -0.39 is 17.8 Å². The number of halogens is 1. The van der Waals surface area contributed by atoms with Crippen molar-refractivity contribution in [2.24, 2.45) is 0 Å². The molecule has 2 aromatic rings. The van der Waals surface area contributed by atoms with Crippen LogP contribution in [0.5, 0.6) is 11.5 Å². The molecule has 172 valence electrons. The molecule has 0 aliphatic rings. The third kappa shape index (κ3) is 7.88. The first kappa shape index (κ1) is 25.2. The Morgan fingerprint density at radius 3 is 2.03 bits per heavy atom. The minimum Gasteiger partial charge on any atom is -0.484 e. The first-order chi connectivity index (χ1) is 15.1. The first-order valence-electron chi connectivity index (χ1n) is 10.0. The number of hydrogen-bond acceptors (Lipinski definition) is 6. The van der Waals surface area contributed by atoms with Crippen molar-refractivity contribution in [1.82, 2.24) is 10.9 Å². The van der Waals surface area contributed by atoms with Crippen molar-refractivity contribution < 1.29 is 28.6 Å². The lowest BCUT2D eigenvalue weighted by atomic mass is 9.87. The summed E-state index contributed by atoms with van der Waals surface area (Å²) < 4.78 is 16.5. The van der Waals surface area contributed by atoms with Crippen LogP contribution in [0.2, 0.25) is 0 Å². The highest BCUT2D eigenvalue weighted by Crippen LogP contribution is 2.31. The Morgan fingerprint density at radius 2 is 1.50 bits per heavy atom. The molecule has 2 N–H and O–H groups in total. The molecule has 0 saturated heterocycles. The van der Waals surface area contributed by atoms with Crippen LogP contribution in [0.3, 0.4) is 0 Å². The Kier molecular flexibility index (Phi) is 9.07. The number of hydrazine groups is 1. The molecule has 0 aromatic heterocycles. The molecule has 0 bridgehead atoms. The summed E-state index contributed by atoms with van der Waals surface area (Å²) in [7, 11) is 0. The average Bonchev–Trinajstić information content (AvgIpc) is 2.75. The Bertz CT molecular complexity index is 954. The zero-order valence-electron chi connectivity index (χ0n) is 18.5. The van der Waals surface area contributed by atoms with Gasteiger partial charge in [0.05, 0.1) is 16.6 Å². The fraction of sp³-hybridized carbons (Fsp3) is 0.348.